The van der Waals surface area contributed by atoms with Gasteiger partial charge in [-0.15, -0.1) is 0 Å². The molecule has 0 saturated carbocycles. The molecule has 5 heteroatoms. The van der Waals surface area contributed by atoms with E-state index in [9.17, 15) is 5.11 Å². The van der Waals surface area contributed by atoms with Crippen LogP contribution in [0.4, 0.5) is 0 Å². The Hall–Kier alpha value is -1.30. The summed E-state index contributed by atoms with van der Waals surface area (Å²) >= 11 is 0. The SMILES string of the molecule is CCCOc1ccc(C(O)CCN2CCNCC2)c(OCCC)c1. The summed E-state index contributed by atoms with van der Waals surface area (Å²) in [7, 11) is 0. The van der Waals surface area contributed by atoms with Gasteiger partial charge in [0.25, 0.3) is 0 Å². The van der Waals surface area contributed by atoms with Gasteiger partial charge in [0.2, 0.25) is 0 Å². The van der Waals surface area contributed by atoms with Crippen LogP contribution in [0.5, 0.6) is 11.5 Å². The summed E-state index contributed by atoms with van der Waals surface area (Å²) in [6.45, 7) is 10.6. The molecule has 0 amide bonds. The molecule has 1 atom stereocenters. The summed E-state index contributed by atoms with van der Waals surface area (Å²) in [6, 6.07) is 5.78. The number of piperazine rings is 1. The van der Waals surface area contributed by atoms with Gasteiger partial charge in [0.15, 0.2) is 0 Å². The summed E-state index contributed by atoms with van der Waals surface area (Å²) in [5, 5.41) is 14.0. The van der Waals surface area contributed by atoms with E-state index in [2.05, 4.69) is 24.1 Å². The van der Waals surface area contributed by atoms with Crippen molar-refractivity contribution in [2.45, 2.75) is 39.2 Å². The van der Waals surface area contributed by atoms with Gasteiger partial charge in [-0.1, -0.05) is 13.8 Å². The van der Waals surface area contributed by atoms with Crippen LogP contribution in [0.3, 0.4) is 0 Å². The van der Waals surface area contributed by atoms with Gasteiger partial charge in [-0.2, -0.15) is 0 Å². The van der Waals surface area contributed by atoms with Crippen LogP contribution in [-0.4, -0.2) is 55.9 Å². The standard InChI is InChI=1S/C19H32N2O3/c1-3-13-23-16-5-6-17(19(15-16)24-14-4-2)18(22)7-10-21-11-8-20-9-12-21/h5-6,15,18,20,22H,3-4,7-14H2,1-2H3. The number of nitrogens with zero attached hydrogens (tertiary/aromatic N) is 1. The fourth-order valence-corrected chi connectivity index (χ4v) is 2.83. The van der Waals surface area contributed by atoms with Crippen molar-refractivity contribution in [1.82, 2.24) is 10.2 Å². The van der Waals surface area contributed by atoms with Crippen molar-refractivity contribution in [1.29, 1.82) is 0 Å². The van der Waals surface area contributed by atoms with Crippen molar-refractivity contribution in [2.24, 2.45) is 0 Å². The summed E-state index contributed by atoms with van der Waals surface area (Å²) in [6.07, 6.45) is 2.13. The Morgan fingerprint density at radius 2 is 1.83 bits per heavy atom. The van der Waals surface area contributed by atoms with E-state index in [1.165, 1.54) is 0 Å². The van der Waals surface area contributed by atoms with Gasteiger partial charge in [0.05, 0.1) is 19.3 Å². The van der Waals surface area contributed by atoms with Crippen LogP contribution in [0.1, 0.15) is 44.8 Å². The fraction of sp³-hybridized carbons (Fsp3) is 0.684. The van der Waals surface area contributed by atoms with Crippen LogP contribution >= 0.6 is 0 Å². The Balaban J connectivity index is 1.99. The molecule has 0 aromatic heterocycles. The number of ether oxygens (including phenoxy) is 2. The third-order valence-electron chi connectivity index (χ3n) is 4.21. The molecule has 136 valence electrons. The molecule has 0 radical (unpaired) electrons. The lowest BCUT2D eigenvalue weighted by Gasteiger charge is -2.28. The maximum atomic E-state index is 10.6. The molecular formula is C19H32N2O3. The van der Waals surface area contributed by atoms with Crippen molar-refractivity contribution in [3.63, 3.8) is 0 Å². The molecule has 1 aromatic rings. The van der Waals surface area contributed by atoms with E-state index in [-0.39, 0.29) is 0 Å². The van der Waals surface area contributed by atoms with Crippen molar-refractivity contribution >= 4 is 0 Å². The van der Waals surface area contributed by atoms with Crippen LogP contribution in [0, 0.1) is 0 Å². The van der Waals surface area contributed by atoms with Gasteiger partial charge >= 0.3 is 0 Å². The van der Waals surface area contributed by atoms with E-state index in [1.54, 1.807) is 0 Å². The Labute approximate surface area is 146 Å². The minimum Gasteiger partial charge on any atom is -0.493 e. The average molecular weight is 336 g/mol. The molecular weight excluding hydrogens is 304 g/mol. The first kappa shape index (κ1) is 19.0. The Kier molecular flexibility index (Phi) is 8.36. The predicted octanol–water partition coefficient (Wildman–Crippen LogP) is 2.59. The number of aliphatic hydroxyl groups is 1. The second kappa shape index (κ2) is 10.5. The lowest BCUT2D eigenvalue weighted by Crippen LogP contribution is -2.44. The molecule has 24 heavy (non-hydrogen) atoms. The summed E-state index contributed by atoms with van der Waals surface area (Å²) in [5.41, 5.74) is 0.863. The fourth-order valence-electron chi connectivity index (χ4n) is 2.83. The molecule has 0 bridgehead atoms. The van der Waals surface area contributed by atoms with Gasteiger partial charge in [0.1, 0.15) is 11.5 Å². The van der Waals surface area contributed by atoms with E-state index in [1.807, 2.05) is 18.2 Å². The molecule has 1 aliphatic heterocycles. The molecule has 1 fully saturated rings. The smallest absolute Gasteiger partial charge is 0.128 e. The molecule has 0 spiro atoms. The number of aliphatic hydroxyl groups excluding tert-OH is 1. The second-order valence-corrected chi connectivity index (χ2v) is 6.29. The minimum atomic E-state index is -0.507. The molecule has 1 saturated heterocycles. The van der Waals surface area contributed by atoms with Crippen LogP contribution in [-0.2, 0) is 0 Å². The summed E-state index contributed by atoms with van der Waals surface area (Å²) < 4.78 is 11.5. The molecule has 1 unspecified atom stereocenters. The zero-order valence-electron chi connectivity index (χ0n) is 15.1. The minimum absolute atomic E-state index is 0.507. The van der Waals surface area contributed by atoms with Gasteiger partial charge in [0, 0.05) is 44.4 Å². The first-order chi connectivity index (χ1) is 11.7. The Morgan fingerprint density at radius 3 is 2.54 bits per heavy atom. The summed E-state index contributed by atoms with van der Waals surface area (Å²) in [5.74, 6) is 1.55. The van der Waals surface area contributed by atoms with Crippen LogP contribution in [0.2, 0.25) is 0 Å². The van der Waals surface area contributed by atoms with Crippen molar-refractivity contribution in [3.8, 4) is 11.5 Å². The van der Waals surface area contributed by atoms with E-state index in [4.69, 9.17) is 9.47 Å². The second-order valence-electron chi connectivity index (χ2n) is 6.29. The van der Waals surface area contributed by atoms with E-state index in [0.717, 1.165) is 69.0 Å². The maximum absolute atomic E-state index is 10.6. The number of hydrogen-bond donors (Lipinski definition) is 2. The van der Waals surface area contributed by atoms with Crippen molar-refractivity contribution in [2.75, 3.05) is 45.9 Å². The molecule has 1 heterocycles. The zero-order chi connectivity index (χ0) is 17.2. The third kappa shape index (κ3) is 5.96. The quantitative estimate of drug-likeness (QED) is 0.688. The van der Waals surface area contributed by atoms with Crippen LogP contribution in [0.15, 0.2) is 18.2 Å². The van der Waals surface area contributed by atoms with Crippen LogP contribution in [0.25, 0.3) is 0 Å². The first-order valence-corrected chi connectivity index (χ1v) is 9.25. The van der Waals surface area contributed by atoms with Gasteiger partial charge in [-0.3, -0.25) is 0 Å². The molecule has 5 nitrogen and oxygen atoms in total. The van der Waals surface area contributed by atoms with Crippen molar-refractivity contribution in [3.05, 3.63) is 23.8 Å². The number of hydrogen-bond acceptors (Lipinski definition) is 5. The van der Waals surface area contributed by atoms with Gasteiger partial charge < -0.3 is 24.8 Å². The molecule has 0 aliphatic carbocycles. The van der Waals surface area contributed by atoms with Crippen LogP contribution < -0.4 is 14.8 Å². The van der Waals surface area contributed by atoms with E-state index < -0.39 is 6.10 Å². The number of rotatable bonds is 10. The highest BCUT2D eigenvalue weighted by Gasteiger charge is 2.17. The third-order valence-corrected chi connectivity index (χ3v) is 4.21. The van der Waals surface area contributed by atoms with E-state index in [0.29, 0.717) is 13.2 Å². The Morgan fingerprint density at radius 1 is 1.12 bits per heavy atom. The highest BCUT2D eigenvalue weighted by molar-refractivity contribution is 5.42. The highest BCUT2D eigenvalue weighted by atomic mass is 16.5. The topological polar surface area (TPSA) is 54.0 Å². The normalized spacial score (nSPS) is 16.8. The molecule has 1 aromatic carbocycles. The lowest BCUT2D eigenvalue weighted by molar-refractivity contribution is 0.132. The molecule has 2 rings (SSSR count). The van der Waals surface area contributed by atoms with Gasteiger partial charge in [-0.25, -0.2) is 0 Å². The summed E-state index contributed by atoms with van der Waals surface area (Å²) in [4.78, 5) is 2.39. The van der Waals surface area contributed by atoms with E-state index >= 15 is 0 Å². The largest absolute Gasteiger partial charge is 0.493 e. The number of nitrogens with one attached hydrogen (secondary N) is 1. The predicted molar refractivity (Wildman–Crippen MR) is 96.9 cm³/mol. The zero-order valence-corrected chi connectivity index (χ0v) is 15.1. The maximum Gasteiger partial charge on any atom is 0.128 e. The highest BCUT2D eigenvalue weighted by Crippen LogP contribution is 2.31. The van der Waals surface area contributed by atoms with Crippen molar-refractivity contribution < 1.29 is 14.6 Å². The molecule has 2 N–H and O–H groups in total. The molecule has 1 aliphatic rings. The average Bonchev–Trinajstić information content (AvgIpc) is 2.63. The lowest BCUT2D eigenvalue weighted by atomic mass is 10.0. The first-order valence-electron chi connectivity index (χ1n) is 9.25. The van der Waals surface area contributed by atoms with Gasteiger partial charge in [-0.05, 0) is 31.4 Å². The number of benzene rings is 1. The monoisotopic (exact) mass is 336 g/mol. The Bertz CT molecular complexity index is 476.